The molecule has 196 valence electrons. The number of imide groups is 2. The molecule has 39 heavy (non-hydrogen) atoms. The summed E-state index contributed by atoms with van der Waals surface area (Å²) in [6, 6.07) is 20.9. The van der Waals surface area contributed by atoms with Crippen LogP contribution in [0, 0.1) is 20.8 Å². The molecule has 4 aromatic rings. The highest BCUT2D eigenvalue weighted by Crippen LogP contribution is 2.34. The summed E-state index contributed by atoms with van der Waals surface area (Å²) in [5.74, 6) is -1.80. The van der Waals surface area contributed by atoms with E-state index in [1.807, 2.05) is 32.0 Å². The average Bonchev–Trinajstić information content (AvgIpc) is 2.89. The summed E-state index contributed by atoms with van der Waals surface area (Å²) in [5.41, 5.74) is 2.57. The highest BCUT2D eigenvalue weighted by molar-refractivity contribution is 7.87. The van der Waals surface area contributed by atoms with Crippen LogP contribution in [0.15, 0.2) is 89.3 Å². The summed E-state index contributed by atoms with van der Waals surface area (Å²) < 4.78 is 31.8. The molecule has 4 aromatic carbocycles. The normalized spacial score (nSPS) is 15.1. The van der Waals surface area contributed by atoms with Gasteiger partial charge in [-0.1, -0.05) is 60.2 Å². The molecule has 1 saturated heterocycles. The number of carbonyl (C=O) groups is 3. The maximum absolute atomic E-state index is 13.6. The number of benzene rings is 4. The fourth-order valence-electron chi connectivity index (χ4n) is 4.35. The molecule has 1 fully saturated rings. The number of amides is 4. The molecule has 0 aromatic heterocycles. The van der Waals surface area contributed by atoms with Gasteiger partial charge in [-0.05, 0) is 73.0 Å². The number of hydrogen-bond donors (Lipinski definition) is 1. The van der Waals surface area contributed by atoms with Crippen LogP contribution in [0.3, 0.4) is 0 Å². The number of fused-ring (bicyclic) bond motifs is 1. The fourth-order valence-corrected chi connectivity index (χ4v) is 5.30. The third kappa shape index (κ3) is 4.92. The number of urea groups is 1. The lowest BCUT2D eigenvalue weighted by Gasteiger charge is -2.28. The molecule has 0 aliphatic carbocycles. The van der Waals surface area contributed by atoms with Crippen LogP contribution in [0.5, 0.6) is 5.75 Å². The quantitative estimate of drug-likeness (QED) is 0.212. The van der Waals surface area contributed by atoms with E-state index < -0.39 is 28.0 Å². The van der Waals surface area contributed by atoms with Crippen LogP contribution in [-0.4, -0.2) is 26.3 Å². The second kappa shape index (κ2) is 9.85. The first-order valence-electron chi connectivity index (χ1n) is 12.1. The predicted molar refractivity (Wildman–Crippen MR) is 148 cm³/mol. The molecule has 1 heterocycles. The van der Waals surface area contributed by atoms with Gasteiger partial charge in [-0.15, -0.1) is 0 Å². The lowest BCUT2D eigenvalue weighted by atomic mass is 9.99. The van der Waals surface area contributed by atoms with E-state index in [1.165, 1.54) is 24.3 Å². The highest BCUT2D eigenvalue weighted by Gasteiger charge is 2.38. The van der Waals surface area contributed by atoms with Crippen molar-refractivity contribution in [1.82, 2.24) is 5.32 Å². The van der Waals surface area contributed by atoms with Gasteiger partial charge in [-0.3, -0.25) is 14.9 Å². The summed E-state index contributed by atoms with van der Waals surface area (Å²) in [5, 5.41) is 3.51. The van der Waals surface area contributed by atoms with Gasteiger partial charge in [0.15, 0.2) is 5.75 Å². The molecule has 5 rings (SSSR count). The zero-order chi connectivity index (χ0) is 27.9. The summed E-state index contributed by atoms with van der Waals surface area (Å²) in [6.07, 6.45) is 1.27. The van der Waals surface area contributed by atoms with Crippen LogP contribution in [0.1, 0.15) is 22.3 Å². The second-order valence-corrected chi connectivity index (χ2v) is 10.8. The SMILES string of the molecule is Cc1ccc(S(=O)(=O)Oc2ccc3ccccc3c2/C=C2\C(=O)NC(=O)N(c3cc(C)ccc3C)C2=O)cc1. The van der Waals surface area contributed by atoms with Gasteiger partial charge >= 0.3 is 16.1 Å². The van der Waals surface area contributed by atoms with Crippen molar-refractivity contribution in [1.29, 1.82) is 0 Å². The first kappa shape index (κ1) is 25.9. The first-order valence-corrected chi connectivity index (χ1v) is 13.5. The number of rotatable bonds is 5. The lowest BCUT2D eigenvalue weighted by Crippen LogP contribution is -2.54. The smallest absolute Gasteiger partial charge is 0.339 e. The Bertz CT molecular complexity index is 1810. The summed E-state index contributed by atoms with van der Waals surface area (Å²) >= 11 is 0. The molecule has 1 N–H and O–H groups in total. The van der Waals surface area contributed by atoms with E-state index in [2.05, 4.69) is 5.32 Å². The van der Waals surface area contributed by atoms with Crippen LogP contribution in [-0.2, 0) is 19.7 Å². The molecule has 8 nitrogen and oxygen atoms in total. The first-order chi connectivity index (χ1) is 18.5. The van der Waals surface area contributed by atoms with Gasteiger partial charge in [0, 0.05) is 5.56 Å². The monoisotopic (exact) mass is 540 g/mol. The van der Waals surface area contributed by atoms with Crippen LogP contribution in [0.25, 0.3) is 16.8 Å². The Morgan fingerprint density at radius 3 is 2.26 bits per heavy atom. The highest BCUT2D eigenvalue weighted by atomic mass is 32.2. The average molecular weight is 541 g/mol. The largest absolute Gasteiger partial charge is 0.378 e. The molecule has 0 atom stereocenters. The Balaban J connectivity index is 1.65. The van der Waals surface area contributed by atoms with Gasteiger partial charge in [0.25, 0.3) is 11.8 Å². The minimum atomic E-state index is -4.24. The number of nitrogens with one attached hydrogen (secondary N) is 1. The molecular formula is C30H24N2O6S. The molecule has 9 heteroatoms. The number of anilines is 1. The Hall–Kier alpha value is -4.76. The van der Waals surface area contributed by atoms with E-state index in [0.29, 0.717) is 16.6 Å². The van der Waals surface area contributed by atoms with E-state index in [-0.39, 0.29) is 21.8 Å². The number of barbiturate groups is 1. The van der Waals surface area contributed by atoms with E-state index in [1.54, 1.807) is 49.4 Å². The zero-order valence-corrected chi connectivity index (χ0v) is 22.2. The van der Waals surface area contributed by atoms with Crippen molar-refractivity contribution in [3.63, 3.8) is 0 Å². The maximum atomic E-state index is 13.6. The van der Waals surface area contributed by atoms with Crippen molar-refractivity contribution in [2.24, 2.45) is 0 Å². The fraction of sp³-hybridized carbons (Fsp3) is 0.100. The lowest BCUT2D eigenvalue weighted by molar-refractivity contribution is -0.122. The molecule has 0 saturated carbocycles. The predicted octanol–water partition coefficient (Wildman–Crippen LogP) is 5.20. The summed E-state index contributed by atoms with van der Waals surface area (Å²) in [7, 11) is -4.24. The Kier molecular flexibility index (Phi) is 6.53. The van der Waals surface area contributed by atoms with E-state index in [0.717, 1.165) is 21.4 Å². The number of hydrogen-bond acceptors (Lipinski definition) is 6. The molecule has 0 bridgehead atoms. The standard InChI is InChI=1S/C30H24N2O6S/c1-18-9-13-22(14-10-18)39(36,37)38-27-15-12-21-6-4-5-7-23(21)24(27)17-25-28(33)31-30(35)32(29(25)34)26-16-19(2)8-11-20(26)3/h4-17H,1-3H3,(H,31,33,35)/b25-17+. The third-order valence-electron chi connectivity index (χ3n) is 6.44. The minimum Gasteiger partial charge on any atom is -0.378 e. The van der Waals surface area contributed by atoms with Gasteiger partial charge < -0.3 is 4.18 Å². The van der Waals surface area contributed by atoms with Crippen LogP contribution >= 0.6 is 0 Å². The summed E-state index contributed by atoms with van der Waals surface area (Å²) in [4.78, 5) is 40.2. The van der Waals surface area contributed by atoms with Crippen molar-refractivity contribution >= 4 is 50.5 Å². The molecule has 0 unspecified atom stereocenters. The maximum Gasteiger partial charge on any atom is 0.339 e. The van der Waals surface area contributed by atoms with Crippen molar-refractivity contribution in [2.75, 3.05) is 4.90 Å². The topological polar surface area (TPSA) is 110 Å². The molecular weight excluding hydrogens is 516 g/mol. The zero-order valence-electron chi connectivity index (χ0n) is 21.4. The Morgan fingerprint density at radius 2 is 1.51 bits per heavy atom. The van der Waals surface area contributed by atoms with Crippen molar-refractivity contribution < 1.29 is 27.0 Å². The van der Waals surface area contributed by atoms with Gasteiger partial charge in [0.05, 0.1) is 5.69 Å². The van der Waals surface area contributed by atoms with Gasteiger partial charge in [0.2, 0.25) is 0 Å². The van der Waals surface area contributed by atoms with Gasteiger partial charge in [-0.2, -0.15) is 8.42 Å². The summed E-state index contributed by atoms with van der Waals surface area (Å²) in [6.45, 7) is 5.41. The Labute approximate surface area is 225 Å². The van der Waals surface area contributed by atoms with Crippen molar-refractivity contribution in [3.8, 4) is 5.75 Å². The molecule has 4 amide bonds. The van der Waals surface area contributed by atoms with Crippen LogP contribution in [0.4, 0.5) is 10.5 Å². The van der Waals surface area contributed by atoms with E-state index >= 15 is 0 Å². The Morgan fingerprint density at radius 1 is 0.821 bits per heavy atom. The van der Waals surface area contributed by atoms with Gasteiger partial charge in [-0.25, -0.2) is 9.69 Å². The number of nitrogens with zero attached hydrogens (tertiary/aromatic N) is 1. The van der Waals surface area contributed by atoms with Crippen LogP contribution < -0.4 is 14.4 Å². The van der Waals surface area contributed by atoms with Crippen LogP contribution in [0.2, 0.25) is 0 Å². The van der Waals surface area contributed by atoms with E-state index in [4.69, 9.17) is 4.18 Å². The molecule has 1 aliphatic rings. The van der Waals surface area contributed by atoms with Crippen molar-refractivity contribution in [3.05, 3.63) is 107 Å². The van der Waals surface area contributed by atoms with Crippen molar-refractivity contribution in [2.45, 2.75) is 25.7 Å². The number of aryl methyl sites for hydroxylation is 3. The molecule has 1 aliphatic heterocycles. The minimum absolute atomic E-state index is 0.0435. The van der Waals surface area contributed by atoms with Gasteiger partial charge in [0.1, 0.15) is 10.5 Å². The van der Waals surface area contributed by atoms with E-state index in [9.17, 15) is 22.8 Å². The third-order valence-corrected chi connectivity index (χ3v) is 7.68. The molecule has 0 radical (unpaired) electrons. The molecule has 0 spiro atoms. The second-order valence-electron chi connectivity index (χ2n) is 9.30. The number of carbonyl (C=O) groups excluding carboxylic acids is 3.